The van der Waals surface area contributed by atoms with E-state index in [1.165, 1.54) is 11.3 Å². The van der Waals surface area contributed by atoms with Gasteiger partial charge in [-0.2, -0.15) is 5.10 Å². The average molecular weight is 570 g/mol. The molecule has 0 aliphatic carbocycles. The highest BCUT2D eigenvalue weighted by molar-refractivity contribution is 14.0. The molecule has 3 aromatic rings. The van der Waals surface area contributed by atoms with E-state index in [0.29, 0.717) is 24.6 Å². The van der Waals surface area contributed by atoms with Crippen molar-refractivity contribution in [1.29, 1.82) is 0 Å². The minimum Gasteiger partial charge on any atom is -0.461 e. The van der Waals surface area contributed by atoms with E-state index in [-0.39, 0.29) is 24.0 Å². The van der Waals surface area contributed by atoms with Crippen molar-refractivity contribution in [1.82, 2.24) is 25.4 Å². The highest BCUT2D eigenvalue weighted by atomic mass is 127. The molecule has 0 atom stereocenters. The molecule has 0 bridgehead atoms. The Kier molecular flexibility index (Phi) is 8.80. The van der Waals surface area contributed by atoms with Crippen LogP contribution >= 0.6 is 35.6 Å². The van der Waals surface area contributed by atoms with E-state index in [9.17, 15) is 0 Å². The number of benzene rings is 1. The van der Waals surface area contributed by atoms with Gasteiger partial charge in [-0.05, 0) is 43.7 Å². The molecular weight excluding hydrogens is 541 g/mol. The number of anilines is 1. The van der Waals surface area contributed by atoms with E-state index in [1.807, 2.05) is 18.2 Å². The van der Waals surface area contributed by atoms with Gasteiger partial charge in [0, 0.05) is 56.4 Å². The molecule has 172 valence electrons. The van der Waals surface area contributed by atoms with Gasteiger partial charge in [-0.25, -0.2) is 4.98 Å². The number of hydrogen-bond donors (Lipinski definition) is 2. The van der Waals surface area contributed by atoms with Crippen LogP contribution < -0.4 is 10.2 Å². The van der Waals surface area contributed by atoms with Gasteiger partial charge < -0.3 is 19.5 Å². The molecule has 1 fully saturated rings. The normalized spacial score (nSPS) is 14.4. The molecule has 32 heavy (non-hydrogen) atoms. The van der Waals surface area contributed by atoms with Crippen LogP contribution in [0.1, 0.15) is 18.3 Å². The second-order valence-corrected chi connectivity index (χ2v) is 7.91. The Balaban J connectivity index is 0.00000289. The number of hydrogen-bond acceptors (Lipinski definition) is 5. The summed E-state index contributed by atoms with van der Waals surface area (Å²) in [5.41, 5.74) is 2.46. The van der Waals surface area contributed by atoms with Crippen LogP contribution in [0.3, 0.4) is 0 Å². The van der Waals surface area contributed by atoms with Gasteiger partial charge in [-0.15, -0.1) is 24.0 Å². The quantitative estimate of drug-likeness (QED) is 0.265. The van der Waals surface area contributed by atoms with Gasteiger partial charge in [-0.1, -0.05) is 17.7 Å². The Labute approximate surface area is 210 Å². The second-order valence-electron chi connectivity index (χ2n) is 7.47. The summed E-state index contributed by atoms with van der Waals surface area (Å²) in [6, 6.07) is 9.75. The average Bonchev–Trinajstić information content (AvgIpc) is 3.47. The zero-order valence-corrected chi connectivity index (χ0v) is 21.4. The zero-order valence-electron chi connectivity index (χ0n) is 18.3. The molecule has 3 heterocycles. The van der Waals surface area contributed by atoms with Crippen molar-refractivity contribution in [3.63, 3.8) is 0 Å². The number of rotatable bonds is 6. The Morgan fingerprint density at radius 1 is 1.25 bits per heavy atom. The lowest BCUT2D eigenvalue weighted by atomic mass is 10.1. The Hall–Kier alpha value is -2.27. The molecule has 0 unspecified atom stereocenters. The van der Waals surface area contributed by atoms with Crippen LogP contribution in [-0.2, 0) is 6.42 Å². The first-order valence-corrected chi connectivity index (χ1v) is 11.0. The molecule has 0 amide bonds. The van der Waals surface area contributed by atoms with Gasteiger partial charge in [0.1, 0.15) is 5.82 Å². The van der Waals surface area contributed by atoms with Crippen LogP contribution in [0.15, 0.2) is 46.0 Å². The summed E-state index contributed by atoms with van der Waals surface area (Å²) in [5.74, 6) is 2.97. The van der Waals surface area contributed by atoms with Gasteiger partial charge in [0.15, 0.2) is 11.7 Å². The summed E-state index contributed by atoms with van der Waals surface area (Å²) in [5, 5.41) is 11.4. The molecule has 2 aromatic heterocycles. The number of aromatic amines is 1. The van der Waals surface area contributed by atoms with Crippen LogP contribution in [0.5, 0.6) is 0 Å². The van der Waals surface area contributed by atoms with Gasteiger partial charge in [0.2, 0.25) is 5.82 Å². The van der Waals surface area contributed by atoms with Crippen molar-refractivity contribution in [2.75, 3.05) is 44.2 Å². The third-order valence-electron chi connectivity index (χ3n) is 5.31. The van der Waals surface area contributed by atoms with E-state index < -0.39 is 0 Å². The smallest absolute Gasteiger partial charge is 0.216 e. The molecule has 0 spiro atoms. The molecule has 4 rings (SSSR count). The van der Waals surface area contributed by atoms with Crippen molar-refractivity contribution in [2.24, 2.45) is 4.99 Å². The monoisotopic (exact) mass is 569 g/mol. The summed E-state index contributed by atoms with van der Waals surface area (Å²) < 4.78 is 5.34. The molecule has 0 saturated carbocycles. The van der Waals surface area contributed by atoms with E-state index >= 15 is 0 Å². The molecule has 2 N–H and O–H groups in total. The summed E-state index contributed by atoms with van der Waals surface area (Å²) in [6.07, 6.45) is 2.30. The maximum absolute atomic E-state index is 6.21. The maximum atomic E-state index is 6.21. The molecule has 1 aromatic carbocycles. The third kappa shape index (κ3) is 5.94. The van der Waals surface area contributed by atoms with Crippen molar-refractivity contribution in [2.45, 2.75) is 20.3 Å². The van der Waals surface area contributed by atoms with E-state index in [2.05, 4.69) is 56.3 Å². The van der Waals surface area contributed by atoms with Gasteiger partial charge >= 0.3 is 0 Å². The summed E-state index contributed by atoms with van der Waals surface area (Å²) in [6.45, 7) is 9.35. The lowest BCUT2D eigenvalue weighted by Gasteiger charge is -2.38. The van der Waals surface area contributed by atoms with Gasteiger partial charge in [0.05, 0.1) is 6.26 Å². The predicted octanol–water partition coefficient (Wildman–Crippen LogP) is 3.97. The van der Waals surface area contributed by atoms with Crippen molar-refractivity contribution < 1.29 is 4.42 Å². The van der Waals surface area contributed by atoms with E-state index in [4.69, 9.17) is 21.0 Å². The first-order valence-electron chi connectivity index (χ1n) is 10.6. The number of furan rings is 1. The number of piperazine rings is 1. The van der Waals surface area contributed by atoms with Crippen LogP contribution in [0.2, 0.25) is 5.02 Å². The Morgan fingerprint density at radius 2 is 2.06 bits per heavy atom. The number of halogens is 2. The molecule has 1 saturated heterocycles. The fourth-order valence-corrected chi connectivity index (χ4v) is 3.87. The first-order chi connectivity index (χ1) is 15.1. The lowest BCUT2D eigenvalue weighted by Crippen LogP contribution is -2.52. The van der Waals surface area contributed by atoms with Crippen LogP contribution in [-0.4, -0.2) is 65.3 Å². The molecule has 1 aliphatic heterocycles. The number of nitrogens with one attached hydrogen (secondary N) is 2. The number of aliphatic imine (C=N–C) groups is 1. The van der Waals surface area contributed by atoms with Gasteiger partial charge in [-0.3, -0.25) is 10.1 Å². The van der Waals surface area contributed by atoms with Crippen LogP contribution in [0.25, 0.3) is 11.6 Å². The predicted molar refractivity (Wildman–Crippen MR) is 139 cm³/mol. The minimum atomic E-state index is 0. The number of H-pyrrole nitrogens is 1. The fourth-order valence-electron chi connectivity index (χ4n) is 3.70. The molecule has 0 radical (unpaired) electrons. The number of nitrogens with zero attached hydrogens (tertiary/aromatic N) is 5. The van der Waals surface area contributed by atoms with Crippen LogP contribution in [0, 0.1) is 6.92 Å². The zero-order chi connectivity index (χ0) is 21.6. The topological polar surface area (TPSA) is 85.6 Å². The highest BCUT2D eigenvalue weighted by Crippen LogP contribution is 2.25. The van der Waals surface area contributed by atoms with E-state index in [1.54, 1.807) is 6.26 Å². The van der Waals surface area contributed by atoms with Crippen molar-refractivity contribution in [3.05, 3.63) is 53.0 Å². The molecular formula is C22H29ClIN7O. The molecule has 1 aliphatic rings. The largest absolute Gasteiger partial charge is 0.461 e. The van der Waals surface area contributed by atoms with Gasteiger partial charge in [0.25, 0.3) is 0 Å². The molecule has 8 nitrogen and oxygen atoms in total. The first kappa shape index (κ1) is 24.4. The SMILES string of the molecule is CCNC(=NCCc1nc(-c2ccco2)n[nH]1)N1CCN(c2cc(Cl)ccc2C)CC1.I. The minimum absolute atomic E-state index is 0. The maximum Gasteiger partial charge on any atom is 0.216 e. The standard InChI is InChI=1S/C22H28ClN7O.HI/c1-3-24-22(25-9-8-20-26-21(28-27-20)19-5-4-14-31-19)30-12-10-29(11-13-30)18-15-17(23)7-6-16(18)2;/h4-7,14-15H,3,8-13H2,1-2H3,(H,24,25)(H,26,27,28);1H. The summed E-state index contributed by atoms with van der Waals surface area (Å²) >= 11 is 6.21. The van der Waals surface area contributed by atoms with E-state index in [0.717, 1.165) is 49.5 Å². The Morgan fingerprint density at radius 3 is 2.78 bits per heavy atom. The third-order valence-corrected chi connectivity index (χ3v) is 5.54. The number of guanidine groups is 1. The van der Waals surface area contributed by atoms with Crippen LogP contribution in [0.4, 0.5) is 5.69 Å². The van der Waals surface area contributed by atoms with Crippen molar-refractivity contribution >= 4 is 47.2 Å². The molecule has 10 heteroatoms. The Bertz CT molecular complexity index is 1010. The number of aryl methyl sites for hydroxylation is 1. The second kappa shape index (κ2) is 11.6. The summed E-state index contributed by atoms with van der Waals surface area (Å²) in [7, 11) is 0. The van der Waals surface area contributed by atoms with Crippen molar-refractivity contribution in [3.8, 4) is 11.6 Å². The highest BCUT2D eigenvalue weighted by Gasteiger charge is 2.21. The summed E-state index contributed by atoms with van der Waals surface area (Å²) in [4.78, 5) is 14.0. The number of aromatic nitrogens is 3. The fraction of sp³-hybridized carbons (Fsp3) is 0.409. The lowest BCUT2D eigenvalue weighted by molar-refractivity contribution is 0.372.